The van der Waals surface area contributed by atoms with Crippen molar-refractivity contribution in [2.24, 2.45) is 0 Å². The van der Waals surface area contributed by atoms with Gasteiger partial charge in [-0.1, -0.05) is 121 Å². The van der Waals surface area contributed by atoms with Crippen LogP contribution < -0.4 is 4.74 Å². The minimum atomic E-state index is 0.801. The van der Waals surface area contributed by atoms with Crippen molar-refractivity contribution >= 4 is 43.1 Å². The molecule has 0 bridgehead atoms. The first-order valence-corrected chi connectivity index (χ1v) is 13.9. The molecular weight excluding hydrogens is 498 g/mol. The van der Waals surface area contributed by atoms with E-state index in [0.29, 0.717) is 0 Å². The molecule has 0 aliphatic rings. The van der Waals surface area contributed by atoms with Gasteiger partial charge in [0.1, 0.15) is 11.5 Å². The smallest absolute Gasteiger partial charge is 0.143 e. The van der Waals surface area contributed by atoms with Crippen LogP contribution >= 0.6 is 0 Å². The molecule has 2 nitrogen and oxygen atoms in total. The summed E-state index contributed by atoms with van der Waals surface area (Å²) in [5, 5.41) is 9.27. The highest BCUT2D eigenvalue weighted by Gasteiger charge is 2.18. The summed E-state index contributed by atoms with van der Waals surface area (Å²) < 4.78 is 6.73. The number of pyridine rings is 1. The van der Waals surface area contributed by atoms with Gasteiger partial charge in [0.15, 0.2) is 0 Å². The van der Waals surface area contributed by atoms with E-state index in [-0.39, 0.29) is 0 Å². The van der Waals surface area contributed by atoms with Gasteiger partial charge in [0.2, 0.25) is 0 Å². The van der Waals surface area contributed by atoms with Gasteiger partial charge in [0.05, 0.1) is 0 Å². The summed E-state index contributed by atoms with van der Waals surface area (Å²) in [5.74, 6) is 1.65. The Bertz CT molecular complexity index is 2160. The van der Waals surface area contributed by atoms with Crippen LogP contribution in [0.25, 0.3) is 65.3 Å². The van der Waals surface area contributed by atoms with Crippen LogP contribution in [0.15, 0.2) is 152 Å². The van der Waals surface area contributed by atoms with E-state index in [1.807, 2.05) is 12.4 Å². The standard InChI is InChI=1S/C39H25NO/c1-3-13-30-26(9-1)11-7-17-31(30)28-19-21-29(22-20-28)41-39-35-16-6-5-15-34(35)38(37-25-40-24-23-36(37)39)33-18-8-12-27-10-2-4-14-32(27)33/h1-25H. The monoisotopic (exact) mass is 523 g/mol. The van der Waals surface area contributed by atoms with Crippen LogP contribution in [0.1, 0.15) is 0 Å². The molecular formula is C39H25NO. The van der Waals surface area contributed by atoms with Crippen LogP contribution in [0.3, 0.4) is 0 Å². The fourth-order valence-corrected chi connectivity index (χ4v) is 6.12. The first kappa shape index (κ1) is 23.4. The van der Waals surface area contributed by atoms with E-state index in [0.717, 1.165) is 33.0 Å². The molecule has 0 radical (unpaired) electrons. The third-order valence-electron chi connectivity index (χ3n) is 8.01. The average molecular weight is 524 g/mol. The number of hydrogen-bond acceptors (Lipinski definition) is 2. The van der Waals surface area contributed by atoms with Crippen LogP contribution in [0.5, 0.6) is 11.5 Å². The van der Waals surface area contributed by atoms with Gasteiger partial charge >= 0.3 is 0 Å². The van der Waals surface area contributed by atoms with Crippen molar-refractivity contribution in [1.29, 1.82) is 0 Å². The fraction of sp³-hybridized carbons (Fsp3) is 0. The highest BCUT2D eigenvalue weighted by Crippen LogP contribution is 2.46. The lowest BCUT2D eigenvalue weighted by atomic mass is 9.89. The van der Waals surface area contributed by atoms with Crippen LogP contribution in [0.4, 0.5) is 0 Å². The molecule has 7 aromatic carbocycles. The maximum Gasteiger partial charge on any atom is 0.143 e. The van der Waals surface area contributed by atoms with Gasteiger partial charge in [0, 0.05) is 28.6 Å². The molecule has 192 valence electrons. The number of rotatable bonds is 4. The number of aromatic nitrogens is 1. The normalized spacial score (nSPS) is 11.4. The number of nitrogens with zero attached hydrogens (tertiary/aromatic N) is 1. The summed E-state index contributed by atoms with van der Waals surface area (Å²) in [6, 6.07) is 49.1. The molecule has 0 N–H and O–H groups in total. The van der Waals surface area contributed by atoms with E-state index in [1.54, 1.807) is 0 Å². The number of ether oxygens (including phenoxy) is 1. The minimum absolute atomic E-state index is 0.801. The molecule has 1 heterocycles. The Morgan fingerprint density at radius 3 is 1.71 bits per heavy atom. The lowest BCUT2D eigenvalue weighted by Crippen LogP contribution is -1.93. The summed E-state index contributed by atoms with van der Waals surface area (Å²) in [4.78, 5) is 4.55. The summed E-state index contributed by atoms with van der Waals surface area (Å²) in [7, 11) is 0. The Morgan fingerprint density at radius 1 is 0.415 bits per heavy atom. The van der Waals surface area contributed by atoms with Crippen molar-refractivity contribution in [3.63, 3.8) is 0 Å². The second kappa shape index (κ2) is 9.62. The Labute approximate surface area is 238 Å². The zero-order valence-electron chi connectivity index (χ0n) is 22.3. The van der Waals surface area contributed by atoms with Crippen LogP contribution in [0.2, 0.25) is 0 Å². The second-order valence-corrected chi connectivity index (χ2v) is 10.4. The number of fused-ring (bicyclic) bond motifs is 4. The van der Waals surface area contributed by atoms with Crippen LogP contribution in [0, 0.1) is 0 Å². The number of hydrogen-bond donors (Lipinski definition) is 0. The van der Waals surface area contributed by atoms with E-state index in [9.17, 15) is 0 Å². The molecule has 0 aliphatic carbocycles. The summed E-state index contributed by atoms with van der Waals surface area (Å²) in [5.41, 5.74) is 4.76. The molecule has 0 atom stereocenters. The zero-order chi connectivity index (χ0) is 27.2. The third-order valence-corrected chi connectivity index (χ3v) is 8.01. The van der Waals surface area contributed by atoms with E-state index in [2.05, 4.69) is 145 Å². The highest BCUT2D eigenvalue weighted by atomic mass is 16.5. The predicted octanol–water partition coefficient (Wildman–Crippen LogP) is 10.8. The van der Waals surface area contributed by atoms with E-state index in [1.165, 1.54) is 43.8 Å². The molecule has 0 aliphatic heterocycles. The van der Waals surface area contributed by atoms with Crippen molar-refractivity contribution in [2.75, 3.05) is 0 Å². The highest BCUT2D eigenvalue weighted by molar-refractivity contribution is 6.19. The number of benzene rings is 7. The van der Waals surface area contributed by atoms with Gasteiger partial charge in [-0.3, -0.25) is 4.98 Å². The minimum Gasteiger partial charge on any atom is -0.456 e. The summed E-state index contributed by atoms with van der Waals surface area (Å²) in [6.07, 6.45) is 3.82. The molecule has 1 aromatic heterocycles. The molecule has 0 fully saturated rings. The van der Waals surface area contributed by atoms with Crippen molar-refractivity contribution in [1.82, 2.24) is 4.98 Å². The largest absolute Gasteiger partial charge is 0.456 e. The van der Waals surface area contributed by atoms with Gasteiger partial charge in [-0.15, -0.1) is 0 Å². The first-order valence-electron chi connectivity index (χ1n) is 13.9. The topological polar surface area (TPSA) is 22.1 Å². The summed E-state index contributed by atoms with van der Waals surface area (Å²) in [6.45, 7) is 0. The summed E-state index contributed by atoms with van der Waals surface area (Å²) >= 11 is 0. The first-order chi connectivity index (χ1) is 20.3. The lowest BCUT2D eigenvalue weighted by molar-refractivity contribution is 0.494. The maximum atomic E-state index is 6.73. The van der Waals surface area contributed by atoms with Gasteiger partial charge in [-0.2, -0.15) is 0 Å². The molecule has 0 saturated carbocycles. The van der Waals surface area contributed by atoms with Crippen LogP contribution in [-0.4, -0.2) is 4.98 Å². The zero-order valence-corrected chi connectivity index (χ0v) is 22.3. The Kier molecular flexibility index (Phi) is 5.49. The van der Waals surface area contributed by atoms with Gasteiger partial charge in [0.25, 0.3) is 0 Å². The molecule has 0 spiro atoms. The van der Waals surface area contributed by atoms with Gasteiger partial charge < -0.3 is 4.74 Å². The molecule has 0 unspecified atom stereocenters. The third kappa shape index (κ3) is 3.92. The predicted molar refractivity (Wildman–Crippen MR) is 172 cm³/mol. The second-order valence-electron chi connectivity index (χ2n) is 10.4. The van der Waals surface area contributed by atoms with Gasteiger partial charge in [-0.05, 0) is 67.4 Å². The van der Waals surface area contributed by atoms with Gasteiger partial charge in [-0.25, -0.2) is 0 Å². The van der Waals surface area contributed by atoms with Crippen molar-refractivity contribution in [2.45, 2.75) is 0 Å². The Morgan fingerprint density at radius 2 is 0.976 bits per heavy atom. The Hall–Kier alpha value is -5.47. The van der Waals surface area contributed by atoms with Crippen molar-refractivity contribution in [3.05, 3.63) is 152 Å². The van der Waals surface area contributed by atoms with E-state index in [4.69, 9.17) is 4.74 Å². The Balaban J connectivity index is 1.29. The molecule has 41 heavy (non-hydrogen) atoms. The maximum absolute atomic E-state index is 6.73. The molecule has 0 saturated heterocycles. The average Bonchev–Trinajstić information content (AvgIpc) is 3.05. The molecule has 0 amide bonds. The van der Waals surface area contributed by atoms with Crippen molar-refractivity contribution in [3.8, 4) is 33.8 Å². The molecule has 8 aromatic rings. The van der Waals surface area contributed by atoms with E-state index < -0.39 is 0 Å². The quantitative estimate of drug-likeness (QED) is 0.214. The fourth-order valence-electron chi connectivity index (χ4n) is 6.12. The van der Waals surface area contributed by atoms with E-state index >= 15 is 0 Å². The lowest BCUT2D eigenvalue weighted by Gasteiger charge is -2.18. The van der Waals surface area contributed by atoms with Crippen molar-refractivity contribution < 1.29 is 4.74 Å². The SMILES string of the molecule is c1ccc2c(-c3ccc(Oc4c5ccccc5c(-c5cccc6ccccc56)c5cnccc45)cc3)cccc2c1. The molecule has 2 heteroatoms. The molecule has 8 rings (SSSR count). The van der Waals surface area contributed by atoms with Crippen LogP contribution in [-0.2, 0) is 0 Å².